The number of hydrogen-bond donors (Lipinski definition) is 0. The van der Waals surface area contributed by atoms with E-state index in [-0.39, 0.29) is 0 Å². The first kappa shape index (κ1) is 7.65. The quantitative estimate of drug-likeness (QED) is 0.452. The van der Waals surface area contributed by atoms with Gasteiger partial charge in [-0.15, -0.1) is 0 Å². The van der Waals surface area contributed by atoms with E-state index in [1.54, 1.807) is 23.5 Å². The molecule has 0 bridgehead atoms. The van der Waals surface area contributed by atoms with Crippen molar-refractivity contribution >= 4 is 6.21 Å². The van der Waals surface area contributed by atoms with Gasteiger partial charge in [-0.2, -0.15) is 5.10 Å². The highest BCUT2D eigenvalue weighted by atomic mass is 15.4. The van der Waals surface area contributed by atoms with Gasteiger partial charge in [-0.1, -0.05) is 0 Å². The van der Waals surface area contributed by atoms with Crippen molar-refractivity contribution in [1.29, 1.82) is 0 Å². The van der Waals surface area contributed by atoms with Gasteiger partial charge in [0.2, 0.25) is 0 Å². The molecule has 1 rings (SSSR count). The molecule has 1 heterocycles. The molecule has 58 valence electrons. The zero-order chi connectivity index (χ0) is 8.10. The van der Waals surface area contributed by atoms with E-state index >= 15 is 0 Å². The van der Waals surface area contributed by atoms with Gasteiger partial charge in [0, 0.05) is 20.3 Å². The first-order valence-electron chi connectivity index (χ1n) is 3.26. The van der Waals surface area contributed by atoms with Crippen LogP contribution in [-0.2, 0) is 0 Å². The molecule has 1 aromatic heterocycles. The van der Waals surface area contributed by atoms with Gasteiger partial charge in [0.15, 0.2) is 0 Å². The third-order valence-electron chi connectivity index (χ3n) is 1.03. The SMILES string of the molecule is CN(C)N=Cc1ccncn1. The predicted octanol–water partition coefficient (Wildman–Crippen LogP) is 0.372. The fraction of sp³-hybridized carbons (Fsp3) is 0.286. The minimum Gasteiger partial charge on any atom is -0.303 e. The average Bonchev–Trinajstić information content (AvgIpc) is 2.03. The first-order chi connectivity index (χ1) is 5.29. The summed E-state index contributed by atoms with van der Waals surface area (Å²) in [6, 6.07) is 1.80. The van der Waals surface area contributed by atoms with Crippen LogP contribution < -0.4 is 0 Å². The lowest BCUT2D eigenvalue weighted by Gasteiger charge is -2.00. The van der Waals surface area contributed by atoms with Crippen LogP contribution in [0.1, 0.15) is 5.69 Å². The zero-order valence-electron chi connectivity index (χ0n) is 6.60. The summed E-state index contributed by atoms with van der Waals surface area (Å²) < 4.78 is 0. The minimum atomic E-state index is 0.814. The summed E-state index contributed by atoms with van der Waals surface area (Å²) in [5.41, 5.74) is 0.814. The van der Waals surface area contributed by atoms with Gasteiger partial charge in [0.1, 0.15) is 6.33 Å². The number of nitrogens with zero attached hydrogens (tertiary/aromatic N) is 4. The van der Waals surface area contributed by atoms with E-state index in [0.717, 1.165) is 5.69 Å². The maximum absolute atomic E-state index is 4.01. The highest BCUT2D eigenvalue weighted by molar-refractivity contribution is 5.76. The minimum absolute atomic E-state index is 0.814. The Balaban J connectivity index is 2.65. The Kier molecular flexibility index (Phi) is 2.54. The fourth-order valence-corrected chi connectivity index (χ4v) is 0.552. The van der Waals surface area contributed by atoms with Crippen LogP contribution in [0.5, 0.6) is 0 Å². The van der Waals surface area contributed by atoms with Gasteiger partial charge < -0.3 is 5.01 Å². The summed E-state index contributed by atoms with van der Waals surface area (Å²) in [7, 11) is 3.72. The molecule has 0 aliphatic carbocycles. The molecule has 0 aliphatic heterocycles. The molecule has 0 unspecified atom stereocenters. The molecule has 11 heavy (non-hydrogen) atoms. The predicted molar refractivity (Wildman–Crippen MR) is 43.3 cm³/mol. The van der Waals surface area contributed by atoms with Crippen LogP contribution in [-0.4, -0.2) is 35.3 Å². The van der Waals surface area contributed by atoms with E-state index in [1.165, 1.54) is 6.33 Å². The largest absolute Gasteiger partial charge is 0.303 e. The molecule has 0 aromatic carbocycles. The van der Waals surface area contributed by atoms with Crippen molar-refractivity contribution in [1.82, 2.24) is 15.0 Å². The lowest BCUT2D eigenvalue weighted by molar-refractivity contribution is 0.440. The highest BCUT2D eigenvalue weighted by Crippen LogP contribution is 1.85. The molecular weight excluding hydrogens is 140 g/mol. The van der Waals surface area contributed by atoms with Crippen LogP contribution in [0.3, 0.4) is 0 Å². The van der Waals surface area contributed by atoms with E-state index in [9.17, 15) is 0 Å². The topological polar surface area (TPSA) is 41.4 Å². The normalized spacial score (nSPS) is 10.4. The van der Waals surface area contributed by atoms with Gasteiger partial charge >= 0.3 is 0 Å². The standard InChI is InChI=1S/C7H10N4/c1-11(2)10-5-7-3-4-8-6-9-7/h3-6H,1-2H3. The number of hydrogen-bond acceptors (Lipinski definition) is 4. The molecule has 0 aliphatic rings. The molecule has 4 nitrogen and oxygen atoms in total. The van der Waals surface area contributed by atoms with Gasteiger partial charge in [0.05, 0.1) is 11.9 Å². The summed E-state index contributed by atoms with van der Waals surface area (Å²) in [6.45, 7) is 0. The first-order valence-corrected chi connectivity index (χ1v) is 3.26. The van der Waals surface area contributed by atoms with Crippen molar-refractivity contribution in [3.63, 3.8) is 0 Å². The zero-order valence-corrected chi connectivity index (χ0v) is 6.60. The van der Waals surface area contributed by atoms with Crippen LogP contribution in [0, 0.1) is 0 Å². The van der Waals surface area contributed by atoms with Crippen LogP contribution in [0.2, 0.25) is 0 Å². The van der Waals surface area contributed by atoms with Gasteiger partial charge in [-0.25, -0.2) is 9.97 Å². The summed E-state index contributed by atoms with van der Waals surface area (Å²) in [6.07, 6.45) is 4.86. The smallest absolute Gasteiger partial charge is 0.116 e. The van der Waals surface area contributed by atoms with Crippen LogP contribution in [0.4, 0.5) is 0 Å². The van der Waals surface area contributed by atoms with Gasteiger partial charge in [0.25, 0.3) is 0 Å². The van der Waals surface area contributed by atoms with Crippen LogP contribution in [0.25, 0.3) is 0 Å². The van der Waals surface area contributed by atoms with Gasteiger partial charge in [-0.05, 0) is 6.07 Å². The molecule has 0 amide bonds. The van der Waals surface area contributed by atoms with E-state index in [1.807, 2.05) is 14.1 Å². The van der Waals surface area contributed by atoms with Crippen molar-refractivity contribution in [2.45, 2.75) is 0 Å². The Morgan fingerprint density at radius 3 is 2.91 bits per heavy atom. The molecule has 0 radical (unpaired) electrons. The van der Waals surface area contributed by atoms with Crippen molar-refractivity contribution < 1.29 is 0 Å². The third kappa shape index (κ3) is 2.75. The van der Waals surface area contributed by atoms with E-state index in [2.05, 4.69) is 15.1 Å². The summed E-state index contributed by atoms with van der Waals surface area (Å²) in [5, 5.41) is 5.72. The van der Waals surface area contributed by atoms with Crippen LogP contribution >= 0.6 is 0 Å². The molecule has 4 heteroatoms. The fourth-order valence-electron chi connectivity index (χ4n) is 0.552. The molecule has 0 saturated heterocycles. The Morgan fingerprint density at radius 1 is 1.55 bits per heavy atom. The second-order valence-corrected chi connectivity index (χ2v) is 2.23. The average molecular weight is 150 g/mol. The van der Waals surface area contributed by atoms with Crippen molar-refractivity contribution in [3.05, 3.63) is 24.3 Å². The third-order valence-corrected chi connectivity index (χ3v) is 1.03. The molecule has 0 atom stereocenters. The molecule has 0 N–H and O–H groups in total. The maximum atomic E-state index is 4.01. The second kappa shape index (κ2) is 3.65. The Bertz CT molecular complexity index is 229. The molecular formula is C7H10N4. The maximum Gasteiger partial charge on any atom is 0.116 e. The van der Waals surface area contributed by atoms with Crippen molar-refractivity contribution in [3.8, 4) is 0 Å². The molecule has 1 aromatic rings. The van der Waals surface area contributed by atoms with E-state index in [4.69, 9.17) is 0 Å². The molecule has 0 fully saturated rings. The van der Waals surface area contributed by atoms with Crippen molar-refractivity contribution in [2.75, 3.05) is 14.1 Å². The highest BCUT2D eigenvalue weighted by Gasteiger charge is 1.84. The van der Waals surface area contributed by atoms with E-state index in [0.29, 0.717) is 0 Å². The Morgan fingerprint density at radius 2 is 2.36 bits per heavy atom. The van der Waals surface area contributed by atoms with Gasteiger partial charge in [-0.3, -0.25) is 0 Å². The monoisotopic (exact) mass is 150 g/mol. The summed E-state index contributed by atoms with van der Waals surface area (Å²) in [5.74, 6) is 0. The molecule has 0 saturated carbocycles. The molecule has 0 spiro atoms. The van der Waals surface area contributed by atoms with Crippen molar-refractivity contribution in [2.24, 2.45) is 5.10 Å². The number of rotatable bonds is 2. The Labute approximate surface area is 65.6 Å². The Hall–Kier alpha value is -1.45. The summed E-state index contributed by atoms with van der Waals surface area (Å²) >= 11 is 0. The second-order valence-electron chi connectivity index (χ2n) is 2.23. The van der Waals surface area contributed by atoms with E-state index < -0.39 is 0 Å². The number of hydrazone groups is 1. The van der Waals surface area contributed by atoms with Crippen LogP contribution in [0.15, 0.2) is 23.7 Å². The lowest BCUT2D eigenvalue weighted by atomic mass is 10.4. The summed E-state index contributed by atoms with van der Waals surface area (Å²) in [4.78, 5) is 7.75. The lowest BCUT2D eigenvalue weighted by Crippen LogP contribution is -2.02. The number of aromatic nitrogens is 2.